The van der Waals surface area contributed by atoms with E-state index in [0.717, 1.165) is 61.9 Å². The molecule has 20 atom stereocenters. The fraction of sp³-hybridized carbons (Fsp3) is 0.742. The van der Waals surface area contributed by atoms with E-state index >= 15 is 0 Å². The van der Waals surface area contributed by atoms with Crippen molar-refractivity contribution in [2.24, 2.45) is 11.8 Å². The van der Waals surface area contributed by atoms with Gasteiger partial charge in [-0.05, 0) is 80.7 Å². The number of aliphatic hydroxyl groups excluding tert-OH is 1. The second-order valence-electron chi connectivity index (χ2n) is 24.9. The predicted molar refractivity (Wildman–Crippen MR) is 304 cm³/mol. The fourth-order valence-electron chi connectivity index (χ4n) is 14.5. The molecule has 5 amide bonds. The highest BCUT2D eigenvalue weighted by molar-refractivity contribution is 5.93. The SMILES string of the molecule is C=C1C[C@@H]2CC[C@@]34CC5OC6C(O[C@H]7CC[C@H](CC(=O)C[C@@H]8[C@@H](OC)[C@@H](C[C@H](O)CNC(=O)CNC(=O)[C@H](Cc9ccccc9)NC(=O)CNC(=O)CNC(=O)CCN(CC)CC)O[C@H]8C[C@H]8O[C@@H](CC[C@@H]1O2)C[C@@H](C)C8=C)O[C@@H]7[C@@H]6O3)[C@H]5O4. The number of aliphatic hydroxyl groups is 1. The van der Waals surface area contributed by atoms with Gasteiger partial charge >= 0.3 is 0 Å². The first kappa shape index (κ1) is 62.3. The second-order valence-corrected chi connectivity index (χ2v) is 24.9. The molecule has 1 aromatic carbocycles. The Morgan fingerprint density at radius 1 is 0.714 bits per heavy atom. The quantitative estimate of drug-likeness (QED) is 0.102. The number of benzene rings is 1. The van der Waals surface area contributed by atoms with E-state index in [4.69, 9.17) is 42.6 Å². The highest BCUT2D eigenvalue weighted by Crippen LogP contribution is 2.54. The largest absolute Gasteiger partial charge is 0.391 e. The van der Waals surface area contributed by atoms with Gasteiger partial charge in [-0.2, -0.15) is 0 Å². The van der Waals surface area contributed by atoms with E-state index < -0.39 is 91.1 Å². The van der Waals surface area contributed by atoms with Crippen molar-refractivity contribution in [3.05, 3.63) is 60.2 Å². The molecule has 0 radical (unpaired) electrons. The molecular weight excluding hydrogens is 1080 g/mol. The summed E-state index contributed by atoms with van der Waals surface area (Å²) in [7, 11) is 1.58. The van der Waals surface area contributed by atoms with Crippen LogP contribution in [0.4, 0.5) is 0 Å². The van der Waals surface area contributed by atoms with E-state index in [-0.39, 0.29) is 124 Å². The number of ketones is 1. The Balaban J connectivity index is 0.756. The number of ether oxygens (including phenoxy) is 9. The summed E-state index contributed by atoms with van der Waals surface area (Å²) in [5, 5.41) is 24.5. The van der Waals surface area contributed by atoms with Crippen LogP contribution in [0, 0.1) is 11.8 Å². The topological polar surface area (TPSA) is 269 Å². The van der Waals surface area contributed by atoms with Crippen LogP contribution in [-0.4, -0.2) is 208 Å². The molecule has 1 spiro atoms. The summed E-state index contributed by atoms with van der Waals surface area (Å²) >= 11 is 0. The molecule has 0 saturated carbocycles. The molecule has 22 nitrogen and oxygen atoms in total. The van der Waals surface area contributed by atoms with Crippen LogP contribution in [0.1, 0.15) is 116 Å². The lowest BCUT2D eigenvalue weighted by Crippen LogP contribution is -2.61. The van der Waals surface area contributed by atoms with Crippen LogP contribution >= 0.6 is 0 Å². The zero-order valence-electron chi connectivity index (χ0n) is 49.3. The lowest BCUT2D eigenvalue weighted by molar-refractivity contribution is -0.292. The molecule has 10 fully saturated rings. The number of nitrogens with zero attached hydrogens (tertiary/aromatic N) is 1. The molecule has 10 heterocycles. The molecule has 10 aliphatic heterocycles. The van der Waals surface area contributed by atoms with E-state index in [1.54, 1.807) is 31.4 Å². The zero-order valence-corrected chi connectivity index (χ0v) is 49.3. The van der Waals surface area contributed by atoms with Gasteiger partial charge in [0.15, 0.2) is 5.79 Å². The lowest BCUT2D eigenvalue weighted by Gasteiger charge is -2.47. The highest BCUT2D eigenvalue weighted by atomic mass is 16.8. The van der Waals surface area contributed by atoms with E-state index in [1.165, 1.54) is 0 Å². The monoisotopic (exact) mass is 1170 g/mol. The highest BCUT2D eigenvalue weighted by Gasteiger charge is 2.69. The zero-order chi connectivity index (χ0) is 59.2. The van der Waals surface area contributed by atoms with Gasteiger partial charge in [-0.15, -0.1) is 0 Å². The van der Waals surface area contributed by atoms with Crippen molar-refractivity contribution in [3.8, 4) is 0 Å². The average Bonchev–Trinajstić information content (AvgIpc) is 1.65. The summed E-state index contributed by atoms with van der Waals surface area (Å²) in [6, 6.07) is 7.89. The lowest BCUT2D eigenvalue weighted by atomic mass is 9.81. The van der Waals surface area contributed by atoms with Gasteiger partial charge < -0.3 is 79.2 Å². The molecule has 12 bridgehead atoms. The maximum absolute atomic E-state index is 14.5. The van der Waals surface area contributed by atoms with Crippen LogP contribution in [0.15, 0.2) is 54.6 Å². The van der Waals surface area contributed by atoms with Crippen molar-refractivity contribution in [2.45, 2.75) is 227 Å². The van der Waals surface area contributed by atoms with Gasteiger partial charge in [0.05, 0.1) is 86.8 Å². The van der Waals surface area contributed by atoms with Gasteiger partial charge in [-0.25, -0.2) is 0 Å². The Labute approximate surface area is 493 Å². The first-order valence-corrected chi connectivity index (χ1v) is 31.0. The Morgan fingerprint density at radius 3 is 2.19 bits per heavy atom. The van der Waals surface area contributed by atoms with Gasteiger partial charge in [0, 0.05) is 77.5 Å². The van der Waals surface area contributed by atoms with E-state index in [9.17, 15) is 33.9 Å². The van der Waals surface area contributed by atoms with Gasteiger partial charge in [-0.1, -0.05) is 64.3 Å². The van der Waals surface area contributed by atoms with Crippen LogP contribution in [-0.2, 0) is 77.8 Å². The summed E-state index contributed by atoms with van der Waals surface area (Å²) in [5.41, 5.74) is 2.79. The van der Waals surface area contributed by atoms with Crippen LogP contribution in [0.25, 0.3) is 0 Å². The summed E-state index contributed by atoms with van der Waals surface area (Å²) in [5.74, 6) is -3.86. The smallest absolute Gasteiger partial charge is 0.243 e. The second kappa shape index (κ2) is 28.0. The summed E-state index contributed by atoms with van der Waals surface area (Å²) in [4.78, 5) is 81.4. The summed E-state index contributed by atoms with van der Waals surface area (Å²) < 4.78 is 60.7. The number of nitrogens with one attached hydrogen (secondary N) is 5. The van der Waals surface area contributed by atoms with Crippen LogP contribution in [0.5, 0.6) is 0 Å². The van der Waals surface area contributed by atoms with Gasteiger partial charge in [0.1, 0.15) is 42.3 Å². The minimum Gasteiger partial charge on any atom is -0.391 e. The number of methoxy groups -OCH3 is 1. The molecule has 0 aliphatic carbocycles. The number of hydrogen-bond donors (Lipinski definition) is 6. The van der Waals surface area contributed by atoms with Crippen LogP contribution < -0.4 is 26.6 Å². The first-order chi connectivity index (χ1) is 40.5. The first-order valence-electron chi connectivity index (χ1n) is 31.0. The molecule has 84 heavy (non-hydrogen) atoms. The predicted octanol–water partition coefficient (Wildman–Crippen LogP) is 2.40. The standard InChI is InChI=1S/C62H90N6O16/c1-7-68(8-2)21-19-51(71)64-31-52(72)65-33-54(74)67-44(24-37-12-10-9-11-13-37)61(75)66-32-53(73)63-30-39(70)27-49-55(76-6)43-26-38(69)25-41-15-17-46-56(79-41)60-59-58(81-46)57-50(82-59)29-62(83-57,84-60)20-18-42-23-35(4)45(77-42)16-14-40-22-34(3)36(5)47(78-40)28-48(43)80-49/h9-13,34,39-50,55-60,70H,4-5,7-8,14-33H2,1-3,6H3,(H,63,73)(H,64,71)(H,65,72)(H,66,75)(H,67,74)/t34-,39+,40+,41-,42+,43+,44+,45+,46+,47-,48+,49-,50?,55-,56+,57+,58?,59?,60+,62+/m1/s1. The Hall–Kier alpha value is -4.72. The number of rotatable bonds is 20. The molecule has 6 N–H and O–H groups in total. The fourth-order valence-corrected chi connectivity index (χ4v) is 14.5. The maximum Gasteiger partial charge on any atom is 0.243 e. The summed E-state index contributed by atoms with van der Waals surface area (Å²) in [6.45, 7) is 15.9. The van der Waals surface area contributed by atoms with Crippen molar-refractivity contribution >= 4 is 35.3 Å². The number of carbonyl (C=O) groups is 6. The van der Waals surface area contributed by atoms with E-state index in [2.05, 4.69) is 51.6 Å². The Kier molecular flexibility index (Phi) is 20.8. The number of hydrogen-bond acceptors (Lipinski definition) is 17. The van der Waals surface area contributed by atoms with Gasteiger partial charge in [0.25, 0.3) is 0 Å². The normalized spacial score (nSPS) is 36.9. The molecule has 22 heteroatoms. The van der Waals surface area contributed by atoms with Crippen molar-refractivity contribution in [1.82, 2.24) is 31.5 Å². The molecule has 1 aromatic rings. The van der Waals surface area contributed by atoms with Crippen molar-refractivity contribution in [1.29, 1.82) is 0 Å². The molecular formula is C62H90N6O16. The maximum atomic E-state index is 14.5. The molecule has 10 aliphatic rings. The molecule has 10 saturated heterocycles. The molecule has 0 aromatic heterocycles. The Bertz CT molecular complexity index is 2520. The molecule has 3 unspecified atom stereocenters. The van der Waals surface area contributed by atoms with Crippen molar-refractivity contribution in [3.63, 3.8) is 0 Å². The van der Waals surface area contributed by atoms with Crippen LogP contribution in [0.3, 0.4) is 0 Å². The number of amides is 5. The number of Topliss-reactive ketones (excluding diaryl/α,β-unsaturated/α-hetero) is 1. The number of carbonyl (C=O) groups excluding carboxylic acids is 6. The van der Waals surface area contributed by atoms with E-state index in [1.807, 2.05) is 19.9 Å². The average molecular weight is 1180 g/mol. The van der Waals surface area contributed by atoms with Gasteiger partial charge in [0.2, 0.25) is 29.5 Å². The minimum absolute atomic E-state index is 0.00550. The molecule has 11 rings (SSSR count). The van der Waals surface area contributed by atoms with Crippen molar-refractivity contribution < 1.29 is 76.5 Å². The minimum atomic E-state index is -1.11. The van der Waals surface area contributed by atoms with Crippen molar-refractivity contribution in [2.75, 3.05) is 52.9 Å². The third-order valence-electron chi connectivity index (χ3n) is 19.0. The Morgan fingerprint density at radius 2 is 1.40 bits per heavy atom. The number of fused-ring (bicyclic) bond motifs is 6. The molecule has 464 valence electrons. The van der Waals surface area contributed by atoms with Gasteiger partial charge in [-0.3, -0.25) is 28.8 Å². The van der Waals surface area contributed by atoms with Crippen LogP contribution in [0.2, 0.25) is 0 Å². The summed E-state index contributed by atoms with van der Waals surface area (Å²) in [6.07, 6.45) is 1.66. The third kappa shape index (κ3) is 15.0. The van der Waals surface area contributed by atoms with E-state index in [0.29, 0.717) is 38.6 Å². The third-order valence-corrected chi connectivity index (χ3v) is 19.0.